The van der Waals surface area contributed by atoms with Crippen LogP contribution in [0.3, 0.4) is 0 Å². The Morgan fingerprint density at radius 3 is 2.00 bits per heavy atom. The molecule has 1 saturated heterocycles. The van der Waals surface area contributed by atoms with Gasteiger partial charge in [0.2, 0.25) is 0 Å². The van der Waals surface area contributed by atoms with Gasteiger partial charge in [-0.15, -0.1) is 0 Å². The number of carbonyl (C=O) groups excluding carboxylic acids is 3. The molecule has 0 aromatic carbocycles. The molecule has 8 heteroatoms. The predicted octanol–water partition coefficient (Wildman–Crippen LogP) is 2.62. The number of esters is 3. The first-order valence-corrected chi connectivity index (χ1v) is 10.4. The molecule has 0 aromatic rings. The normalized spacial score (nSPS) is 35.1. The third kappa shape index (κ3) is 6.67. The Kier molecular flexibility index (Phi) is 8.46. The summed E-state index contributed by atoms with van der Waals surface area (Å²) in [5.41, 5.74) is 0. The highest BCUT2D eigenvalue weighted by Crippen LogP contribution is 2.37. The van der Waals surface area contributed by atoms with Crippen LogP contribution in [-0.4, -0.2) is 55.2 Å². The van der Waals surface area contributed by atoms with Crippen molar-refractivity contribution in [1.29, 1.82) is 0 Å². The van der Waals surface area contributed by atoms with E-state index < -0.39 is 42.5 Å². The van der Waals surface area contributed by atoms with Crippen molar-refractivity contribution in [3.05, 3.63) is 0 Å². The van der Waals surface area contributed by atoms with Gasteiger partial charge in [0, 0.05) is 20.8 Å². The van der Waals surface area contributed by atoms with Crippen molar-refractivity contribution in [3.8, 4) is 0 Å². The molecule has 0 aromatic heterocycles. The van der Waals surface area contributed by atoms with Crippen molar-refractivity contribution in [2.45, 2.75) is 91.5 Å². The molecule has 166 valence electrons. The largest absolute Gasteiger partial charge is 0.456 e. The first-order chi connectivity index (χ1) is 13.6. The maximum absolute atomic E-state index is 11.8. The van der Waals surface area contributed by atoms with Crippen molar-refractivity contribution in [2.75, 3.05) is 6.61 Å². The van der Waals surface area contributed by atoms with Gasteiger partial charge in [-0.1, -0.05) is 27.2 Å². The molecule has 2 aliphatic rings. The summed E-state index contributed by atoms with van der Waals surface area (Å²) in [5.74, 6) is -0.379. The average Bonchev–Trinajstić information content (AvgIpc) is 2.58. The minimum absolute atomic E-state index is 0.0193. The van der Waals surface area contributed by atoms with Crippen LogP contribution in [0.2, 0.25) is 0 Å². The minimum Gasteiger partial charge on any atom is -0.456 e. The summed E-state index contributed by atoms with van der Waals surface area (Å²) in [7, 11) is 0. The van der Waals surface area contributed by atoms with Gasteiger partial charge in [0.25, 0.3) is 0 Å². The third-order valence-corrected chi connectivity index (χ3v) is 5.57. The zero-order chi connectivity index (χ0) is 21.7. The van der Waals surface area contributed by atoms with E-state index in [2.05, 4.69) is 20.8 Å². The molecule has 1 saturated carbocycles. The van der Waals surface area contributed by atoms with Crippen LogP contribution in [0.1, 0.15) is 60.8 Å². The fraction of sp³-hybridized carbons (Fsp3) is 0.857. The Morgan fingerprint density at radius 2 is 1.45 bits per heavy atom. The van der Waals surface area contributed by atoms with Gasteiger partial charge in [-0.25, -0.2) is 0 Å². The highest BCUT2D eigenvalue weighted by atomic mass is 16.7. The van der Waals surface area contributed by atoms with Gasteiger partial charge in [0.05, 0.1) is 12.7 Å². The number of carbonyl (C=O) groups is 3. The van der Waals surface area contributed by atoms with Crippen LogP contribution in [0.25, 0.3) is 0 Å². The van der Waals surface area contributed by atoms with E-state index in [1.807, 2.05) is 0 Å². The summed E-state index contributed by atoms with van der Waals surface area (Å²) < 4.78 is 28.2. The lowest BCUT2D eigenvalue weighted by atomic mass is 9.75. The van der Waals surface area contributed by atoms with Crippen LogP contribution < -0.4 is 0 Å². The molecule has 2 fully saturated rings. The zero-order valence-electron chi connectivity index (χ0n) is 18.2. The Labute approximate surface area is 172 Å². The van der Waals surface area contributed by atoms with E-state index >= 15 is 0 Å². The van der Waals surface area contributed by atoms with E-state index in [1.54, 1.807) is 0 Å². The molecule has 0 amide bonds. The maximum Gasteiger partial charge on any atom is 0.303 e. The Morgan fingerprint density at radius 1 is 0.862 bits per heavy atom. The smallest absolute Gasteiger partial charge is 0.303 e. The molecule has 1 aliphatic carbocycles. The summed E-state index contributed by atoms with van der Waals surface area (Å²) in [6.45, 7) is 10.3. The van der Waals surface area contributed by atoms with Crippen molar-refractivity contribution >= 4 is 17.9 Å². The second-order valence-electron chi connectivity index (χ2n) is 8.50. The van der Waals surface area contributed by atoms with E-state index in [1.165, 1.54) is 20.8 Å². The Bertz CT molecular complexity index is 589. The standard InChI is InChI=1S/C21H34O8/c1-11(2)16-8-7-12(3)9-17(16)29-21-20(28-15(6)24)19(27-14(5)23)18(10-25-21)26-13(4)22/h11-12,16-21H,7-10H2,1-6H3/t12-,16+,17-,18+,19-,20+,21?/m0/s1. The van der Waals surface area contributed by atoms with Crippen molar-refractivity contribution in [1.82, 2.24) is 0 Å². The van der Waals surface area contributed by atoms with Gasteiger partial charge in [-0.05, 0) is 30.6 Å². The van der Waals surface area contributed by atoms with E-state index in [9.17, 15) is 14.4 Å². The fourth-order valence-electron chi connectivity index (χ4n) is 4.27. The first kappa shape index (κ1) is 23.6. The quantitative estimate of drug-likeness (QED) is 0.483. The summed E-state index contributed by atoms with van der Waals surface area (Å²) >= 11 is 0. The summed E-state index contributed by atoms with van der Waals surface area (Å²) in [6, 6.07) is 0. The fourth-order valence-corrected chi connectivity index (χ4v) is 4.27. The third-order valence-electron chi connectivity index (χ3n) is 5.57. The lowest BCUT2D eigenvalue weighted by Crippen LogP contribution is -2.59. The van der Waals surface area contributed by atoms with E-state index in [0.29, 0.717) is 17.8 Å². The van der Waals surface area contributed by atoms with E-state index in [0.717, 1.165) is 19.3 Å². The van der Waals surface area contributed by atoms with Gasteiger partial charge in [-0.3, -0.25) is 14.4 Å². The van der Waals surface area contributed by atoms with Crippen LogP contribution in [0, 0.1) is 17.8 Å². The van der Waals surface area contributed by atoms with Crippen molar-refractivity contribution in [3.63, 3.8) is 0 Å². The van der Waals surface area contributed by atoms with E-state index in [-0.39, 0.29) is 12.7 Å². The van der Waals surface area contributed by atoms with Crippen molar-refractivity contribution in [2.24, 2.45) is 17.8 Å². The first-order valence-electron chi connectivity index (χ1n) is 10.4. The molecule has 0 spiro atoms. The van der Waals surface area contributed by atoms with Gasteiger partial charge >= 0.3 is 17.9 Å². The molecular formula is C21H34O8. The molecule has 1 heterocycles. The van der Waals surface area contributed by atoms with Gasteiger partial charge < -0.3 is 23.7 Å². The lowest BCUT2D eigenvalue weighted by Gasteiger charge is -2.44. The van der Waals surface area contributed by atoms with Crippen LogP contribution in [0.15, 0.2) is 0 Å². The average molecular weight is 414 g/mol. The second-order valence-corrected chi connectivity index (χ2v) is 8.50. The molecule has 8 nitrogen and oxygen atoms in total. The minimum atomic E-state index is -1.03. The molecule has 2 rings (SSSR count). The molecule has 7 atom stereocenters. The van der Waals surface area contributed by atoms with Crippen LogP contribution in [-0.2, 0) is 38.1 Å². The molecule has 0 radical (unpaired) electrons. The molecular weight excluding hydrogens is 380 g/mol. The van der Waals surface area contributed by atoms with Gasteiger partial charge in [0.15, 0.2) is 24.6 Å². The monoisotopic (exact) mass is 414 g/mol. The molecule has 1 unspecified atom stereocenters. The summed E-state index contributed by atoms with van der Waals surface area (Å²) in [5, 5.41) is 0. The second kappa shape index (κ2) is 10.4. The Hall–Kier alpha value is -1.67. The molecule has 0 N–H and O–H groups in total. The molecule has 0 bridgehead atoms. The number of hydrogen-bond donors (Lipinski definition) is 0. The topological polar surface area (TPSA) is 97.4 Å². The number of ether oxygens (including phenoxy) is 5. The lowest BCUT2D eigenvalue weighted by molar-refractivity contribution is -0.298. The number of rotatable bonds is 6. The maximum atomic E-state index is 11.8. The molecule has 1 aliphatic heterocycles. The SMILES string of the molecule is CC(=O)O[C@H]1[C@H](OC(C)=O)COC(O[C@H]2C[C@@H](C)CC[C@@H]2C(C)C)[C@@H]1OC(C)=O. The van der Waals surface area contributed by atoms with Gasteiger partial charge in [0.1, 0.15) is 0 Å². The van der Waals surface area contributed by atoms with Crippen molar-refractivity contribution < 1.29 is 38.1 Å². The van der Waals surface area contributed by atoms with Crippen LogP contribution in [0.4, 0.5) is 0 Å². The summed E-state index contributed by atoms with van der Waals surface area (Å²) in [4.78, 5) is 34.9. The Balaban J connectivity index is 2.25. The van der Waals surface area contributed by atoms with Crippen LogP contribution >= 0.6 is 0 Å². The highest BCUT2D eigenvalue weighted by Gasteiger charge is 2.49. The highest BCUT2D eigenvalue weighted by molar-refractivity contribution is 5.68. The van der Waals surface area contributed by atoms with E-state index in [4.69, 9.17) is 23.7 Å². The van der Waals surface area contributed by atoms with Crippen LogP contribution in [0.5, 0.6) is 0 Å². The molecule has 29 heavy (non-hydrogen) atoms. The number of hydrogen-bond acceptors (Lipinski definition) is 8. The predicted molar refractivity (Wildman–Crippen MR) is 103 cm³/mol. The van der Waals surface area contributed by atoms with Gasteiger partial charge in [-0.2, -0.15) is 0 Å². The summed E-state index contributed by atoms with van der Waals surface area (Å²) in [6.07, 6.45) is -0.814. The zero-order valence-corrected chi connectivity index (χ0v) is 18.2.